The van der Waals surface area contributed by atoms with Gasteiger partial charge in [0.2, 0.25) is 11.9 Å². The van der Waals surface area contributed by atoms with Crippen LogP contribution in [-0.4, -0.2) is 51.7 Å². The zero-order valence-electron chi connectivity index (χ0n) is 17.5. The van der Waals surface area contributed by atoms with Crippen LogP contribution in [0.3, 0.4) is 0 Å². The molecule has 0 bridgehead atoms. The zero-order valence-corrected chi connectivity index (χ0v) is 17.5. The molecule has 8 heteroatoms. The van der Waals surface area contributed by atoms with Gasteiger partial charge in [0.15, 0.2) is 0 Å². The first kappa shape index (κ1) is 20.1. The van der Waals surface area contributed by atoms with E-state index in [0.29, 0.717) is 25.6 Å². The number of aromatic nitrogens is 4. The average Bonchev–Trinajstić information content (AvgIpc) is 3.28. The molecule has 0 radical (unpaired) electrons. The zero-order chi connectivity index (χ0) is 20.9. The summed E-state index contributed by atoms with van der Waals surface area (Å²) >= 11 is 0. The Kier molecular flexibility index (Phi) is 6.11. The molecule has 0 aliphatic carbocycles. The second-order valence-corrected chi connectivity index (χ2v) is 7.60. The molecule has 3 heterocycles. The quantitative estimate of drug-likeness (QED) is 0.647. The lowest BCUT2D eigenvalue weighted by molar-refractivity contribution is -0.125. The van der Waals surface area contributed by atoms with Crippen molar-refractivity contribution in [3.63, 3.8) is 0 Å². The molecule has 2 aromatic heterocycles. The van der Waals surface area contributed by atoms with Gasteiger partial charge in [-0.2, -0.15) is 0 Å². The third-order valence-electron chi connectivity index (χ3n) is 5.46. The number of nitrogens with zero attached hydrogens (tertiary/aromatic N) is 5. The third kappa shape index (κ3) is 4.53. The molecule has 1 N–H and O–H groups in total. The Labute approximate surface area is 176 Å². The minimum Gasteiger partial charge on any atom is -0.494 e. The Hall–Kier alpha value is -3.16. The molecule has 1 aromatic carbocycles. The van der Waals surface area contributed by atoms with Crippen molar-refractivity contribution in [2.24, 2.45) is 5.92 Å². The lowest BCUT2D eigenvalue weighted by atomic mass is 9.97. The first-order chi connectivity index (χ1) is 14.6. The van der Waals surface area contributed by atoms with Gasteiger partial charge in [0.05, 0.1) is 30.1 Å². The molecule has 1 aliphatic rings. The highest BCUT2D eigenvalue weighted by Gasteiger charge is 2.27. The second-order valence-electron chi connectivity index (χ2n) is 7.60. The van der Waals surface area contributed by atoms with E-state index in [0.717, 1.165) is 48.3 Å². The van der Waals surface area contributed by atoms with Gasteiger partial charge in [-0.05, 0) is 44.9 Å². The molecule has 8 nitrogen and oxygen atoms in total. The third-order valence-corrected chi connectivity index (χ3v) is 5.46. The number of carbonyl (C=O) groups is 1. The van der Waals surface area contributed by atoms with E-state index < -0.39 is 0 Å². The van der Waals surface area contributed by atoms with Crippen LogP contribution in [0.4, 0.5) is 5.95 Å². The molecule has 1 atom stereocenters. The molecular formula is C22H28N6O2. The highest BCUT2D eigenvalue weighted by Crippen LogP contribution is 2.26. The summed E-state index contributed by atoms with van der Waals surface area (Å²) in [6.45, 7) is 7.41. The molecule has 4 rings (SSSR count). The molecule has 3 aromatic rings. The van der Waals surface area contributed by atoms with Gasteiger partial charge in [0.25, 0.3) is 0 Å². The molecule has 1 aliphatic heterocycles. The van der Waals surface area contributed by atoms with Crippen LogP contribution in [0.5, 0.6) is 5.75 Å². The topological polar surface area (TPSA) is 85.2 Å². The number of carbonyl (C=O) groups excluding carboxylic acids is 1. The van der Waals surface area contributed by atoms with E-state index in [9.17, 15) is 4.79 Å². The molecule has 1 saturated heterocycles. The number of hydrogen-bond donors (Lipinski definition) is 1. The molecule has 158 valence electrons. The molecule has 0 saturated carbocycles. The van der Waals surface area contributed by atoms with Crippen molar-refractivity contribution >= 4 is 22.8 Å². The lowest BCUT2D eigenvalue weighted by Gasteiger charge is -2.32. The van der Waals surface area contributed by atoms with Crippen LogP contribution >= 0.6 is 0 Å². The monoisotopic (exact) mass is 408 g/mol. The van der Waals surface area contributed by atoms with Gasteiger partial charge in [-0.1, -0.05) is 0 Å². The van der Waals surface area contributed by atoms with Crippen LogP contribution in [0.2, 0.25) is 0 Å². The molecule has 1 amide bonds. The molecule has 1 fully saturated rings. The summed E-state index contributed by atoms with van der Waals surface area (Å²) in [5, 5.41) is 4.05. The number of rotatable bonds is 7. The summed E-state index contributed by atoms with van der Waals surface area (Å²) in [6.07, 6.45) is 7.22. The molecule has 0 spiro atoms. The minimum absolute atomic E-state index is 0.0542. The Morgan fingerprint density at radius 1 is 1.33 bits per heavy atom. The maximum atomic E-state index is 12.7. The first-order valence-electron chi connectivity index (χ1n) is 10.5. The van der Waals surface area contributed by atoms with Crippen molar-refractivity contribution in [1.82, 2.24) is 24.8 Å². The molecule has 30 heavy (non-hydrogen) atoms. The maximum Gasteiger partial charge on any atom is 0.226 e. The number of fused-ring (bicyclic) bond motifs is 1. The van der Waals surface area contributed by atoms with Gasteiger partial charge in [-0.3, -0.25) is 4.79 Å². The fraction of sp³-hybridized carbons (Fsp3) is 0.455. The van der Waals surface area contributed by atoms with E-state index in [1.807, 2.05) is 42.8 Å². The summed E-state index contributed by atoms with van der Waals surface area (Å²) in [5.41, 5.74) is 1.82. The minimum atomic E-state index is -0.0542. The number of nitrogens with one attached hydrogen (secondary N) is 1. The standard InChI is InChI=1S/C22H28N6O2/c1-3-30-18-6-7-20-19(13-18)16(2)25-22(26-20)28-10-4-5-17(14-28)21(29)24-9-12-27-11-8-23-15-27/h6-8,11,13,15,17H,3-5,9-10,12,14H2,1-2H3,(H,24,29)/t17-/m1/s1. The summed E-state index contributed by atoms with van der Waals surface area (Å²) in [4.78, 5) is 28.3. The Morgan fingerprint density at radius 2 is 2.23 bits per heavy atom. The van der Waals surface area contributed by atoms with E-state index in [2.05, 4.69) is 15.2 Å². The summed E-state index contributed by atoms with van der Waals surface area (Å²) in [7, 11) is 0. The average molecular weight is 409 g/mol. The van der Waals surface area contributed by atoms with E-state index in [1.165, 1.54) is 0 Å². The van der Waals surface area contributed by atoms with Crippen LogP contribution in [0.1, 0.15) is 25.5 Å². The number of benzene rings is 1. The van der Waals surface area contributed by atoms with Gasteiger partial charge in [0.1, 0.15) is 5.75 Å². The highest BCUT2D eigenvalue weighted by atomic mass is 16.5. The maximum absolute atomic E-state index is 12.7. The van der Waals surface area contributed by atoms with Gasteiger partial charge in [-0.25, -0.2) is 15.0 Å². The summed E-state index contributed by atoms with van der Waals surface area (Å²) in [5.74, 6) is 1.56. The summed E-state index contributed by atoms with van der Waals surface area (Å²) < 4.78 is 7.55. The van der Waals surface area contributed by atoms with Crippen molar-refractivity contribution in [3.05, 3.63) is 42.6 Å². The second kappa shape index (κ2) is 9.11. The van der Waals surface area contributed by atoms with E-state index in [-0.39, 0.29) is 11.8 Å². The largest absolute Gasteiger partial charge is 0.494 e. The van der Waals surface area contributed by atoms with Crippen LogP contribution < -0.4 is 15.0 Å². The van der Waals surface area contributed by atoms with Crippen LogP contribution in [-0.2, 0) is 11.3 Å². The highest BCUT2D eigenvalue weighted by molar-refractivity contribution is 5.83. The fourth-order valence-corrected chi connectivity index (χ4v) is 3.89. The van der Waals surface area contributed by atoms with Crippen molar-refractivity contribution < 1.29 is 9.53 Å². The fourth-order valence-electron chi connectivity index (χ4n) is 3.89. The molecular weight excluding hydrogens is 380 g/mol. The van der Waals surface area contributed by atoms with Crippen molar-refractivity contribution in [2.75, 3.05) is 31.1 Å². The van der Waals surface area contributed by atoms with Gasteiger partial charge < -0.3 is 19.5 Å². The number of piperidine rings is 1. The van der Waals surface area contributed by atoms with E-state index in [1.54, 1.807) is 12.5 Å². The van der Waals surface area contributed by atoms with Crippen LogP contribution in [0, 0.1) is 12.8 Å². The van der Waals surface area contributed by atoms with Crippen molar-refractivity contribution in [3.8, 4) is 5.75 Å². The van der Waals surface area contributed by atoms with Crippen LogP contribution in [0.15, 0.2) is 36.9 Å². The number of aryl methyl sites for hydroxylation is 1. The number of anilines is 1. The smallest absolute Gasteiger partial charge is 0.226 e. The Morgan fingerprint density at radius 3 is 3.03 bits per heavy atom. The Bertz CT molecular complexity index is 1000. The lowest BCUT2D eigenvalue weighted by Crippen LogP contribution is -2.44. The van der Waals surface area contributed by atoms with Gasteiger partial charge in [0, 0.05) is 44.0 Å². The van der Waals surface area contributed by atoms with Crippen molar-refractivity contribution in [2.45, 2.75) is 33.2 Å². The van der Waals surface area contributed by atoms with E-state index >= 15 is 0 Å². The first-order valence-corrected chi connectivity index (χ1v) is 10.5. The SMILES string of the molecule is CCOc1ccc2nc(N3CCC[C@@H](C(=O)NCCn4ccnc4)C3)nc(C)c2c1. The number of ether oxygens (including phenoxy) is 1. The van der Waals surface area contributed by atoms with Crippen LogP contribution in [0.25, 0.3) is 10.9 Å². The van der Waals surface area contributed by atoms with Gasteiger partial charge >= 0.3 is 0 Å². The predicted molar refractivity (Wildman–Crippen MR) is 116 cm³/mol. The van der Waals surface area contributed by atoms with Crippen molar-refractivity contribution in [1.29, 1.82) is 0 Å². The number of hydrogen-bond acceptors (Lipinski definition) is 6. The van der Waals surface area contributed by atoms with Gasteiger partial charge in [-0.15, -0.1) is 0 Å². The summed E-state index contributed by atoms with van der Waals surface area (Å²) in [6, 6.07) is 5.90. The predicted octanol–water partition coefficient (Wildman–Crippen LogP) is 2.57. The van der Waals surface area contributed by atoms with E-state index in [4.69, 9.17) is 14.7 Å². The Balaban J connectivity index is 1.42. The normalized spacial score (nSPS) is 16.6. The number of imidazole rings is 1. The molecule has 0 unspecified atom stereocenters. The number of amides is 1.